The maximum absolute atomic E-state index is 2.29. The highest BCUT2D eigenvalue weighted by molar-refractivity contribution is 7.60. The van der Waals surface area contributed by atoms with E-state index in [1.54, 1.807) is 5.31 Å². The molecular weight excluding hydrogens is 115 g/mol. The molecule has 0 aromatic carbocycles. The summed E-state index contributed by atoms with van der Waals surface area (Å²) in [5.41, 5.74) is 1.49. The van der Waals surface area contributed by atoms with Gasteiger partial charge in [-0.2, -0.15) is 0 Å². The molecule has 0 spiro atoms. The number of allylic oxidation sites excluding steroid dienone is 2. The molecule has 0 saturated carbocycles. The van der Waals surface area contributed by atoms with Crippen LogP contribution in [0.4, 0.5) is 0 Å². The third kappa shape index (κ3) is 2.47. The molecule has 0 fully saturated rings. The molecule has 0 nitrogen and oxygen atoms in total. The van der Waals surface area contributed by atoms with Crippen LogP contribution in [0.25, 0.3) is 0 Å². The molecule has 1 heteroatoms. The quantitative estimate of drug-likeness (QED) is 0.478. The standard InChI is InChI=1S/C7H15P/c1-6(2)7(3)8(4)5/h1-5H3. The smallest absolute Gasteiger partial charge is 0.0394 e. The molecule has 0 saturated heterocycles. The van der Waals surface area contributed by atoms with Crippen LogP contribution in [0.5, 0.6) is 0 Å². The Bertz CT molecular complexity index is 97.0. The van der Waals surface area contributed by atoms with Gasteiger partial charge in [-0.05, 0) is 34.1 Å². The van der Waals surface area contributed by atoms with E-state index < -0.39 is 0 Å². The van der Waals surface area contributed by atoms with Crippen LogP contribution in [-0.2, 0) is 0 Å². The number of hydrogen-bond acceptors (Lipinski definition) is 0. The van der Waals surface area contributed by atoms with Gasteiger partial charge in [0.15, 0.2) is 0 Å². The molecule has 0 radical (unpaired) electrons. The molecule has 0 aromatic rings. The van der Waals surface area contributed by atoms with Crippen LogP contribution in [0.1, 0.15) is 20.8 Å². The molecule has 0 aliphatic rings. The van der Waals surface area contributed by atoms with Gasteiger partial charge < -0.3 is 0 Å². The molecule has 0 aliphatic carbocycles. The van der Waals surface area contributed by atoms with Crippen LogP contribution in [0.3, 0.4) is 0 Å². The maximum atomic E-state index is 2.29. The van der Waals surface area contributed by atoms with E-state index >= 15 is 0 Å². The first kappa shape index (κ1) is 8.17. The highest BCUT2D eigenvalue weighted by Gasteiger charge is 1.94. The third-order valence-electron chi connectivity index (χ3n) is 1.39. The van der Waals surface area contributed by atoms with Gasteiger partial charge in [0, 0.05) is 0 Å². The Hall–Kier alpha value is 0.170. The fourth-order valence-corrected chi connectivity index (χ4v) is 1.34. The van der Waals surface area contributed by atoms with Crippen molar-refractivity contribution >= 4 is 7.92 Å². The summed E-state index contributed by atoms with van der Waals surface area (Å²) >= 11 is 0. The molecule has 8 heavy (non-hydrogen) atoms. The van der Waals surface area contributed by atoms with Crippen LogP contribution in [0.15, 0.2) is 10.9 Å². The Kier molecular flexibility index (Phi) is 3.31. The van der Waals surface area contributed by atoms with Crippen molar-refractivity contribution in [2.75, 3.05) is 13.3 Å². The fourth-order valence-electron chi connectivity index (χ4n) is 0.447. The van der Waals surface area contributed by atoms with Crippen molar-refractivity contribution < 1.29 is 0 Å². The summed E-state index contributed by atoms with van der Waals surface area (Å²) in [5.74, 6) is 0. The first-order chi connectivity index (χ1) is 3.55. The van der Waals surface area contributed by atoms with Crippen molar-refractivity contribution in [1.82, 2.24) is 0 Å². The fraction of sp³-hybridized carbons (Fsp3) is 0.714. The summed E-state index contributed by atoms with van der Waals surface area (Å²) in [6.07, 6.45) is 0. The van der Waals surface area contributed by atoms with E-state index in [0.717, 1.165) is 0 Å². The molecule has 0 heterocycles. The van der Waals surface area contributed by atoms with Gasteiger partial charge in [-0.15, -0.1) is 0 Å². The summed E-state index contributed by atoms with van der Waals surface area (Å²) in [7, 11) is 0.178. The maximum Gasteiger partial charge on any atom is -0.0394 e. The summed E-state index contributed by atoms with van der Waals surface area (Å²) in [5, 5.41) is 1.58. The number of rotatable bonds is 1. The van der Waals surface area contributed by atoms with E-state index in [4.69, 9.17) is 0 Å². The molecule has 48 valence electrons. The van der Waals surface area contributed by atoms with Crippen LogP contribution >= 0.6 is 7.92 Å². The van der Waals surface area contributed by atoms with Gasteiger partial charge in [-0.25, -0.2) is 0 Å². The molecule has 0 aromatic heterocycles. The average molecular weight is 130 g/mol. The van der Waals surface area contributed by atoms with Gasteiger partial charge >= 0.3 is 0 Å². The first-order valence-electron chi connectivity index (χ1n) is 2.87. The van der Waals surface area contributed by atoms with Gasteiger partial charge in [-0.3, -0.25) is 0 Å². The largest absolute Gasteiger partial charge is 0.0865 e. The highest BCUT2D eigenvalue weighted by Crippen LogP contribution is 2.37. The minimum Gasteiger partial charge on any atom is -0.0865 e. The molecule has 0 rings (SSSR count). The summed E-state index contributed by atoms with van der Waals surface area (Å²) in [4.78, 5) is 0. The van der Waals surface area contributed by atoms with E-state index in [0.29, 0.717) is 0 Å². The van der Waals surface area contributed by atoms with Gasteiger partial charge in [0.25, 0.3) is 0 Å². The summed E-state index contributed by atoms with van der Waals surface area (Å²) in [6, 6.07) is 0. The molecular formula is C7H15P. The van der Waals surface area contributed by atoms with Crippen molar-refractivity contribution in [2.24, 2.45) is 0 Å². The van der Waals surface area contributed by atoms with Crippen molar-refractivity contribution in [3.63, 3.8) is 0 Å². The Morgan fingerprint density at radius 2 is 1.38 bits per heavy atom. The Morgan fingerprint density at radius 1 is 1.00 bits per heavy atom. The number of hydrogen-bond donors (Lipinski definition) is 0. The predicted octanol–water partition coefficient (Wildman–Crippen LogP) is 3.04. The van der Waals surface area contributed by atoms with E-state index in [2.05, 4.69) is 34.1 Å². The zero-order chi connectivity index (χ0) is 6.73. The molecule has 0 unspecified atom stereocenters. The van der Waals surface area contributed by atoms with E-state index in [1.165, 1.54) is 5.57 Å². The van der Waals surface area contributed by atoms with Gasteiger partial charge in [0.2, 0.25) is 0 Å². The lowest BCUT2D eigenvalue weighted by molar-refractivity contribution is 1.34. The van der Waals surface area contributed by atoms with E-state index in [1.807, 2.05) is 0 Å². The lowest BCUT2D eigenvalue weighted by Gasteiger charge is -2.06. The summed E-state index contributed by atoms with van der Waals surface area (Å²) in [6.45, 7) is 11.2. The minimum absolute atomic E-state index is 0.178. The third-order valence-corrected chi connectivity index (χ3v) is 3.18. The molecule has 0 aliphatic heterocycles. The van der Waals surface area contributed by atoms with Crippen molar-refractivity contribution in [1.29, 1.82) is 0 Å². The second-order valence-corrected chi connectivity index (χ2v) is 4.94. The lowest BCUT2D eigenvalue weighted by atomic mass is 10.3. The first-order valence-corrected chi connectivity index (χ1v) is 5.10. The average Bonchev–Trinajstić information content (AvgIpc) is 1.64. The van der Waals surface area contributed by atoms with Gasteiger partial charge in [-0.1, -0.05) is 18.8 Å². The monoisotopic (exact) mass is 130 g/mol. The Morgan fingerprint density at radius 3 is 1.38 bits per heavy atom. The Labute approximate surface area is 53.7 Å². The molecule has 0 N–H and O–H groups in total. The highest BCUT2D eigenvalue weighted by atomic mass is 31.1. The normalized spacial score (nSPS) is 9.75. The second kappa shape index (κ2) is 3.25. The topological polar surface area (TPSA) is 0 Å². The van der Waals surface area contributed by atoms with Crippen LogP contribution in [0, 0.1) is 0 Å². The molecule has 0 atom stereocenters. The second-order valence-electron chi connectivity index (χ2n) is 2.48. The van der Waals surface area contributed by atoms with Crippen LogP contribution in [0.2, 0.25) is 0 Å². The van der Waals surface area contributed by atoms with Gasteiger partial charge in [0.05, 0.1) is 0 Å². The van der Waals surface area contributed by atoms with E-state index in [-0.39, 0.29) is 7.92 Å². The lowest BCUT2D eigenvalue weighted by Crippen LogP contribution is -1.74. The Balaban J connectivity index is 4.00. The van der Waals surface area contributed by atoms with Crippen molar-refractivity contribution in [2.45, 2.75) is 20.8 Å². The van der Waals surface area contributed by atoms with Crippen molar-refractivity contribution in [3.05, 3.63) is 10.9 Å². The van der Waals surface area contributed by atoms with E-state index in [9.17, 15) is 0 Å². The molecule has 0 bridgehead atoms. The predicted molar refractivity (Wildman–Crippen MR) is 42.8 cm³/mol. The zero-order valence-electron chi connectivity index (χ0n) is 6.45. The van der Waals surface area contributed by atoms with Crippen molar-refractivity contribution in [3.8, 4) is 0 Å². The zero-order valence-corrected chi connectivity index (χ0v) is 7.34. The van der Waals surface area contributed by atoms with Crippen LogP contribution < -0.4 is 0 Å². The minimum atomic E-state index is 0.178. The summed E-state index contributed by atoms with van der Waals surface area (Å²) < 4.78 is 0. The molecule has 0 amide bonds. The van der Waals surface area contributed by atoms with Gasteiger partial charge in [0.1, 0.15) is 0 Å². The SMILES string of the molecule is CC(C)=C(C)P(C)C. The van der Waals surface area contributed by atoms with Crippen LogP contribution in [-0.4, -0.2) is 13.3 Å².